The Labute approximate surface area is 140 Å². The Hall–Kier alpha value is -1.44. The van der Waals surface area contributed by atoms with Crippen molar-refractivity contribution in [2.75, 3.05) is 11.5 Å². The number of rotatable bonds is 5. The molecule has 1 saturated heterocycles. The maximum Gasteiger partial charge on any atom is 0.336 e. The first-order valence-corrected chi connectivity index (χ1v) is 9.39. The molecule has 2 rings (SSSR count). The second-order valence-corrected chi connectivity index (χ2v) is 8.48. The average Bonchev–Trinajstić information content (AvgIpc) is 2.49. The Morgan fingerprint density at radius 3 is 2.35 bits per heavy atom. The van der Waals surface area contributed by atoms with E-state index in [1.54, 1.807) is 24.3 Å². The molecule has 0 radical (unpaired) electrons. The molecule has 0 spiro atoms. The zero-order valence-corrected chi connectivity index (χ0v) is 13.9. The van der Waals surface area contributed by atoms with E-state index < -0.39 is 28.5 Å². The molecule has 0 bridgehead atoms. The van der Waals surface area contributed by atoms with E-state index >= 15 is 0 Å². The third-order valence-corrected chi connectivity index (χ3v) is 6.20. The first-order valence-electron chi connectivity index (χ1n) is 7.12. The van der Waals surface area contributed by atoms with E-state index in [2.05, 4.69) is 10.0 Å². The van der Waals surface area contributed by atoms with Crippen LogP contribution in [0.4, 0.5) is 0 Å². The highest BCUT2D eigenvalue weighted by molar-refractivity contribution is 8.24. The van der Waals surface area contributed by atoms with Crippen molar-refractivity contribution >= 4 is 28.2 Å². The number of nitrogens with one attached hydrogen (secondary N) is 1. The molecule has 126 valence electrons. The van der Waals surface area contributed by atoms with Gasteiger partial charge in [0.15, 0.2) is 0 Å². The van der Waals surface area contributed by atoms with Crippen LogP contribution in [0.5, 0.6) is 0 Å². The smallest absolute Gasteiger partial charge is 0.336 e. The molecule has 1 aromatic carbocycles. The van der Waals surface area contributed by atoms with Crippen molar-refractivity contribution in [2.45, 2.75) is 24.8 Å². The summed E-state index contributed by atoms with van der Waals surface area (Å²) in [6, 6.07) is 5.66. The van der Waals surface area contributed by atoms with E-state index in [-0.39, 0.29) is 17.4 Å². The molecule has 0 unspecified atom stereocenters. The molecule has 7 nitrogen and oxygen atoms in total. The molecule has 0 saturated carbocycles. The number of halogens is 1. The molecule has 1 aromatic rings. The normalized spacial score (nSPS) is 21.7. The number of nitrogens with zero attached hydrogens (tertiary/aromatic N) is 2. The first-order chi connectivity index (χ1) is 10.8. The van der Waals surface area contributed by atoms with Crippen molar-refractivity contribution in [3.8, 4) is 0 Å². The molecule has 0 aromatic heterocycles. The van der Waals surface area contributed by atoms with Gasteiger partial charge in [0.1, 0.15) is 10.6 Å². The fraction of sp³-hybridized carbons (Fsp3) is 0.500. The maximum absolute atomic E-state index is 11.6. The third-order valence-electron chi connectivity index (χ3n) is 4.17. The van der Waals surface area contributed by atoms with Gasteiger partial charge in [-0.25, -0.2) is 4.79 Å². The van der Waals surface area contributed by atoms with E-state index in [1.165, 1.54) is 0 Å². The number of hydrogen-bond donors (Lipinski definition) is 4. The van der Waals surface area contributed by atoms with Crippen LogP contribution in [0.2, 0.25) is 5.02 Å². The molecule has 0 amide bonds. The van der Waals surface area contributed by atoms with E-state index in [0.717, 1.165) is 5.56 Å². The summed E-state index contributed by atoms with van der Waals surface area (Å²) in [6.45, 7) is 0. The monoisotopic (exact) mass is 360 g/mol. The van der Waals surface area contributed by atoms with Gasteiger partial charge in [0.05, 0.1) is 0 Å². The average molecular weight is 361 g/mol. The molecule has 1 fully saturated rings. The molecule has 2 atom stereocenters. The van der Waals surface area contributed by atoms with Gasteiger partial charge < -0.3 is 5.11 Å². The van der Waals surface area contributed by atoms with Gasteiger partial charge >= 0.3 is 5.97 Å². The van der Waals surface area contributed by atoms with Crippen molar-refractivity contribution in [3.05, 3.63) is 34.9 Å². The molecule has 4 N–H and O–H groups in total. The van der Waals surface area contributed by atoms with Crippen molar-refractivity contribution in [2.24, 2.45) is 11.0 Å². The predicted octanol–water partition coefficient (Wildman–Crippen LogP) is 3.59. The fourth-order valence-corrected chi connectivity index (χ4v) is 4.71. The molecule has 1 aliphatic heterocycles. The van der Waals surface area contributed by atoms with Crippen LogP contribution in [0.15, 0.2) is 29.4 Å². The summed E-state index contributed by atoms with van der Waals surface area (Å²) in [5, 5.41) is 13.6. The molecular formula is C14H19ClN3O4S+. The summed E-state index contributed by atoms with van der Waals surface area (Å²) >= 11 is 5.89. The fourth-order valence-electron chi connectivity index (χ4n) is 3.02. The summed E-state index contributed by atoms with van der Waals surface area (Å²) in [7, 11) is -2.56. The quantitative estimate of drug-likeness (QED) is 0.472. The summed E-state index contributed by atoms with van der Waals surface area (Å²) in [5.41, 5.74) is 7.64. The zero-order chi connectivity index (χ0) is 17.0. The number of carboxylic acid groups (broad SMARTS) is 1. The number of hydrogen-bond acceptors (Lipinski definition) is 5. The second-order valence-electron chi connectivity index (χ2n) is 5.62. The standard InChI is InChI=1S/C14H18ClN3O4S/c15-11-3-1-9(2-4-11)12(13(14(19)20)17-18-16)10-5-7-23(21,22)8-6-10/h1-4,10,12-13,16H,5-8H2,(H2-,19,20,21,22)/p+1/t12-,13-/m0/s1. The minimum atomic E-state index is -2.56. The summed E-state index contributed by atoms with van der Waals surface area (Å²) in [4.78, 5) is 14.5. The van der Waals surface area contributed by atoms with Crippen LogP contribution < -0.4 is 4.91 Å². The summed E-state index contributed by atoms with van der Waals surface area (Å²) in [5.74, 6) is -1.21. The lowest BCUT2D eigenvalue weighted by Crippen LogP contribution is -2.35. The van der Waals surface area contributed by atoms with Crippen LogP contribution >= 0.6 is 22.2 Å². The van der Waals surface area contributed by atoms with Crippen molar-refractivity contribution in [1.29, 1.82) is 5.53 Å². The predicted molar refractivity (Wildman–Crippen MR) is 88.2 cm³/mol. The van der Waals surface area contributed by atoms with Crippen LogP contribution in [-0.2, 0) is 4.79 Å². The van der Waals surface area contributed by atoms with Crippen LogP contribution in [0.25, 0.3) is 0 Å². The van der Waals surface area contributed by atoms with Crippen LogP contribution in [0.3, 0.4) is 0 Å². The van der Waals surface area contributed by atoms with Gasteiger partial charge in [0.25, 0.3) is 0 Å². The van der Waals surface area contributed by atoms with Crippen molar-refractivity contribution < 1.29 is 19.0 Å². The summed E-state index contributed by atoms with van der Waals surface area (Å²) < 4.78 is 19.5. The molecular weight excluding hydrogens is 342 g/mol. The van der Waals surface area contributed by atoms with Gasteiger partial charge in [-0.15, -0.1) is 0 Å². The third kappa shape index (κ3) is 4.53. The van der Waals surface area contributed by atoms with Gasteiger partial charge in [0, 0.05) is 22.4 Å². The molecule has 0 aliphatic carbocycles. The van der Waals surface area contributed by atoms with Gasteiger partial charge in [-0.2, -0.15) is 10.6 Å². The second kappa shape index (κ2) is 7.42. The van der Waals surface area contributed by atoms with E-state index in [1.807, 2.05) is 0 Å². The SMILES string of the molecule is N=[N+]=N[C@H](C(=O)O)[C@@H](c1ccc(Cl)cc1)C1CCS(O)(O)CC1. The van der Waals surface area contributed by atoms with Crippen LogP contribution in [-0.4, -0.2) is 37.7 Å². The van der Waals surface area contributed by atoms with Crippen LogP contribution in [0.1, 0.15) is 24.3 Å². The Bertz CT molecular complexity index is 607. The number of aliphatic carboxylic acids is 1. The molecule has 1 aliphatic rings. The minimum absolute atomic E-state index is 0.0808. The lowest BCUT2D eigenvalue weighted by atomic mass is 9.78. The van der Waals surface area contributed by atoms with Crippen molar-refractivity contribution in [3.63, 3.8) is 0 Å². The number of carbonyl (C=O) groups is 1. The van der Waals surface area contributed by atoms with E-state index in [4.69, 9.17) is 17.1 Å². The van der Waals surface area contributed by atoms with Gasteiger partial charge in [-0.3, -0.25) is 9.11 Å². The summed E-state index contributed by atoms with van der Waals surface area (Å²) in [6.07, 6.45) is 0.986. The Morgan fingerprint density at radius 1 is 1.30 bits per heavy atom. The van der Waals surface area contributed by atoms with Gasteiger partial charge in [0.2, 0.25) is 11.0 Å². The zero-order valence-electron chi connectivity index (χ0n) is 12.3. The van der Waals surface area contributed by atoms with Crippen molar-refractivity contribution in [1.82, 2.24) is 4.91 Å². The number of carboxylic acids is 1. The van der Waals surface area contributed by atoms with E-state index in [0.29, 0.717) is 17.9 Å². The van der Waals surface area contributed by atoms with Gasteiger partial charge in [-0.05, 0) is 36.5 Å². The van der Waals surface area contributed by atoms with Gasteiger partial charge in [-0.1, -0.05) is 23.7 Å². The molecule has 9 heteroatoms. The number of benzene rings is 1. The minimum Gasteiger partial charge on any atom is -0.479 e. The first kappa shape index (κ1) is 17.9. The molecule has 1 heterocycles. The molecule has 23 heavy (non-hydrogen) atoms. The lowest BCUT2D eigenvalue weighted by molar-refractivity contribution is -0.139. The Morgan fingerprint density at radius 2 is 1.87 bits per heavy atom. The maximum atomic E-state index is 11.6. The van der Waals surface area contributed by atoms with E-state index in [9.17, 15) is 19.0 Å². The highest BCUT2D eigenvalue weighted by atomic mass is 35.5. The highest BCUT2D eigenvalue weighted by Gasteiger charge is 2.41. The van der Waals surface area contributed by atoms with Crippen LogP contribution in [0, 0.1) is 11.4 Å². The topological polar surface area (TPSA) is 128 Å². The Kier molecular flexibility index (Phi) is 5.78. The highest BCUT2D eigenvalue weighted by Crippen LogP contribution is 2.49. The lowest BCUT2D eigenvalue weighted by Gasteiger charge is -2.41. The largest absolute Gasteiger partial charge is 0.479 e. The Balaban J connectivity index is 2.36.